The molecule has 1 saturated heterocycles. The first-order chi connectivity index (χ1) is 9.52. The number of nitrogens with one attached hydrogen (secondary N) is 1. The quantitative estimate of drug-likeness (QED) is 0.870. The number of anilines is 1. The van der Waals surface area contributed by atoms with Gasteiger partial charge in [-0.2, -0.15) is 0 Å². The summed E-state index contributed by atoms with van der Waals surface area (Å²) in [5, 5.41) is 2.84. The Morgan fingerprint density at radius 3 is 2.90 bits per heavy atom. The van der Waals surface area contributed by atoms with Crippen molar-refractivity contribution in [2.24, 2.45) is 18.7 Å². The maximum absolute atomic E-state index is 12.3. The first-order valence-corrected chi connectivity index (χ1v) is 6.91. The van der Waals surface area contributed by atoms with Crippen LogP contribution in [0.1, 0.15) is 36.7 Å². The molecule has 6 heteroatoms. The Labute approximate surface area is 118 Å². The molecule has 1 aromatic rings. The normalized spacial score (nSPS) is 22.5. The van der Waals surface area contributed by atoms with E-state index in [1.54, 1.807) is 23.9 Å². The van der Waals surface area contributed by atoms with Crippen LogP contribution in [0.3, 0.4) is 0 Å². The first kappa shape index (κ1) is 14.6. The fraction of sp³-hybridized carbons (Fsp3) is 0.571. The van der Waals surface area contributed by atoms with Crippen molar-refractivity contribution >= 4 is 17.5 Å². The smallest absolute Gasteiger partial charge is 0.265 e. The van der Waals surface area contributed by atoms with Gasteiger partial charge in [-0.15, -0.1) is 0 Å². The van der Waals surface area contributed by atoms with Gasteiger partial charge in [0.1, 0.15) is 5.69 Å². The standard InChI is InChI=1S/C14H21N3O3/c1-3-12-10(5-4-6-20-12)14(19)16-9-7-11(13(15)18)17(2)8-9/h7-8,10,12H,3-6H2,1-2H3,(H2,15,18)(H,16,19). The lowest BCUT2D eigenvalue weighted by molar-refractivity contribution is -0.129. The minimum Gasteiger partial charge on any atom is -0.377 e. The molecule has 1 fully saturated rings. The number of hydrogen-bond acceptors (Lipinski definition) is 3. The second-order valence-corrected chi connectivity index (χ2v) is 5.14. The van der Waals surface area contributed by atoms with Crippen molar-refractivity contribution in [1.29, 1.82) is 0 Å². The molecule has 20 heavy (non-hydrogen) atoms. The van der Waals surface area contributed by atoms with Crippen LogP contribution < -0.4 is 11.1 Å². The summed E-state index contributed by atoms with van der Waals surface area (Å²) in [5.74, 6) is -0.704. The van der Waals surface area contributed by atoms with E-state index in [0.29, 0.717) is 11.4 Å². The van der Waals surface area contributed by atoms with Crippen LogP contribution in [0.25, 0.3) is 0 Å². The molecule has 0 radical (unpaired) electrons. The van der Waals surface area contributed by atoms with Gasteiger partial charge in [0.05, 0.1) is 17.7 Å². The zero-order valence-corrected chi connectivity index (χ0v) is 11.9. The molecule has 0 aromatic carbocycles. The van der Waals surface area contributed by atoms with Crippen molar-refractivity contribution in [3.8, 4) is 0 Å². The predicted molar refractivity (Wildman–Crippen MR) is 75.3 cm³/mol. The number of carbonyl (C=O) groups is 2. The Hall–Kier alpha value is -1.82. The molecular weight excluding hydrogens is 258 g/mol. The third-order valence-electron chi connectivity index (χ3n) is 3.70. The Bertz CT molecular complexity index is 510. The van der Waals surface area contributed by atoms with Crippen LogP contribution in [-0.2, 0) is 16.6 Å². The van der Waals surface area contributed by atoms with Gasteiger partial charge in [-0.1, -0.05) is 6.92 Å². The zero-order chi connectivity index (χ0) is 14.7. The lowest BCUT2D eigenvalue weighted by Gasteiger charge is -2.29. The minimum absolute atomic E-state index is 0.0249. The summed E-state index contributed by atoms with van der Waals surface area (Å²) in [5.41, 5.74) is 6.21. The molecule has 1 aromatic heterocycles. The molecule has 1 aliphatic heterocycles. The van der Waals surface area contributed by atoms with Crippen molar-refractivity contribution < 1.29 is 14.3 Å². The number of amides is 2. The Morgan fingerprint density at radius 1 is 1.55 bits per heavy atom. The van der Waals surface area contributed by atoms with Crippen LogP contribution in [0.2, 0.25) is 0 Å². The Balaban J connectivity index is 2.07. The molecule has 3 N–H and O–H groups in total. The number of primary amides is 1. The third kappa shape index (κ3) is 3.01. The molecule has 0 saturated carbocycles. The maximum Gasteiger partial charge on any atom is 0.265 e. The molecule has 0 spiro atoms. The lowest BCUT2D eigenvalue weighted by Crippen LogP contribution is -2.37. The highest BCUT2D eigenvalue weighted by Gasteiger charge is 2.30. The highest BCUT2D eigenvalue weighted by molar-refractivity contribution is 5.96. The lowest BCUT2D eigenvalue weighted by atomic mass is 9.92. The van der Waals surface area contributed by atoms with Crippen LogP contribution in [0.4, 0.5) is 5.69 Å². The number of carbonyl (C=O) groups excluding carboxylic acids is 2. The summed E-state index contributed by atoms with van der Waals surface area (Å²) in [6.07, 6.45) is 4.21. The highest BCUT2D eigenvalue weighted by atomic mass is 16.5. The summed E-state index contributed by atoms with van der Waals surface area (Å²) in [6.45, 7) is 2.74. The fourth-order valence-corrected chi connectivity index (χ4v) is 2.66. The number of ether oxygens (including phenoxy) is 1. The summed E-state index contributed by atoms with van der Waals surface area (Å²) in [7, 11) is 1.72. The van der Waals surface area contributed by atoms with E-state index in [0.717, 1.165) is 25.9 Å². The van der Waals surface area contributed by atoms with E-state index < -0.39 is 5.91 Å². The number of nitrogens with zero attached hydrogens (tertiary/aromatic N) is 1. The van der Waals surface area contributed by atoms with E-state index in [1.807, 2.05) is 6.92 Å². The van der Waals surface area contributed by atoms with Crippen molar-refractivity contribution in [3.63, 3.8) is 0 Å². The van der Waals surface area contributed by atoms with Gasteiger partial charge in [-0.25, -0.2) is 0 Å². The van der Waals surface area contributed by atoms with E-state index in [-0.39, 0.29) is 17.9 Å². The number of nitrogens with two attached hydrogens (primary N) is 1. The van der Waals surface area contributed by atoms with Crippen molar-refractivity contribution in [1.82, 2.24) is 4.57 Å². The molecule has 1 aliphatic rings. The number of rotatable bonds is 4. The van der Waals surface area contributed by atoms with Gasteiger partial charge >= 0.3 is 0 Å². The van der Waals surface area contributed by atoms with E-state index in [2.05, 4.69) is 5.32 Å². The highest BCUT2D eigenvalue weighted by Crippen LogP contribution is 2.25. The number of aromatic nitrogens is 1. The predicted octanol–water partition coefficient (Wildman–Crippen LogP) is 1.27. The van der Waals surface area contributed by atoms with E-state index in [9.17, 15) is 9.59 Å². The SMILES string of the molecule is CCC1OCCCC1C(=O)Nc1cc(C(N)=O)n(C)c1. The third-order valence-corrected chi connectivity index (χ3v) is 3.70. The average Bonchev–Trinajstić information content (AvgIpc) is 2.79. The summed E-state index contributed by atoms with van der Waals surface area (Å²) >= 11 is 0. The van der Waals surface area contributed by atoms with Gasteiger partial charge in [0.15, 0.2) is 0 Å². The van der Waals surface area contributed by atoms with Crippen LogP contribution in [-0.4, -0.2) is 29.1 Å². The Kier molecular flexibility index (Phi) is 4.44. The van der Waals surface area contributed by atoms with Crippen LogP contribution in [0, 0.1) is 5.92 Å². The van der Waals surface area contributed by atoms with Crippen LogP contribution >= 0.6 is 0 Å². The van der Waals surface area contributed by atoms with Crippen LogP contribution in [0.5, 0.6) is 0 Å². The summed E-state index contributed by atoms with van der Waals surface area (Å²) < 4.78 is 7.23. The molecule has 0 aliphatic carbocycles. The van der Waals surface area contributed by atoms with Gasteiger partial charge in [0.2, 0.25) is 5.91 Å². The molecular formula is C14H21N3O3. The molecule has 2 heterocycles. The molecule has 110 valence electrons. The van der Waals surface area contributed by atoms with Crippen molar-refractivity contribution in [2.75, 3.05) is 11.9 Å². The molecule has 0 bridgehead atoms. The van der Waals surface area contributed by atoms with Gasteiger partial charge in [0, 0.05) is 19.9 Å². The zero-order valence-electron chi connectivity index (χ0n) is 11.9. The topological polar surface area (TPSA) is 86.3 Å². The Morgan fingerprint density at radius 2 is 2.30 bits per heavy atom. The maximum atomic E-state index is 12.3. The van der Waals surface area contributed by atoms with E-state index >= 15 is 0 Å². The monoisotopic (exact) mass is 279 g/mol. The molecule has 2 amide bonds. The summed E-state index contributed by atoms with van der Waals surface area (Å²) in [4.78, 5) is 23.5. The minimum atomic E-state index is -0.513. The first-order valence-electron chi connectivity index (χ1n) is 6.91. The molecule has 6 nitrogen and oxygen atoms in total. The molecule has 2 unspecified atom stereocenters. The van der Waals surface area contributed by atoms with Crippen molar-refractivity contribution in [2.45, 2.75) is 32.3 Å². The summed E-state index contributed by atoms with van der Waals surface area (Å²) in [6, 6.07) is 1.59. The number of aryl methyl sites for hydroxylation is 1. The van der Waals surface area contributed by atoms with Gasteiger partial charge in [-0.3, -0.25) is 9.59 Å². The molecule has 2 rings (SSSR count). The van der Waals surface area contributed by atoms with Gasteiger partial charge in [0.25, 0.3) is 5.91 Å². The number of hydrogen-bond donors (Lipinski definition) is 2. The van der Waals surface area contributed by atoms with Crippen molar-refractivity contribution in [3.05, 3.63) is 18.0 Å². The largest absolute Gasteiger partial charge is 0.377 e. The second kappa shape index (κ2) is 6.09. The average molecular weight is 279 g/mol. The fourth-order valence-electron chi connectivity index (χ4n) is 2.66. The van der Waals surface area contributed by atoms with E-state index in [4.69, 9.17) is 10.5 Å². The van der Waals surface area contributed by atoms with Gasteiger partial charge in [-0.05, 0) is 25.3 Å². The molecule has 2 atom stereocenters. The second-order valence-electron chi connectivity index (χ2n) is 5.14. The van der Waals surface area contributed by atoms with E-state index in [1.165, 1.54) is 0 Å². The van der Waals surface area contributed by atoms with Crippen LogP contribution in [0.15, 0.2) is 12.3 Å². The van der Waals surface area contributed by atoms with Gasteiger partial charge < -0.3 is 20.4 Å².